The predicted molar refractivity (Wildman–Crippen MR) is 88.3 cm³/mol. The zero-order valence-electron chi connectivity index (χ0n) is 13.0. The van der Waals surface area contributed by atoms with Gasteiger partial charge in [0, 0.05) is 19.2 Å². The molecule has 0 unspecified atom stereocenters. The third-order valence-corrected chi connectivity index (χ3v) is 3.43. The van der Waals surface area contributed by atoms with Crippen molar-refractivity contribution in [2.24, 2.45) is 0 Å². The van der Waals surface area contributed by atoms with E-state index in [0.717, 1.165) is 6.54 Å². The van der Waals surface area contributed by atoms with E-state index in [1.54, 1.807) is 23.0 Å². The Morgan fingerprint density at radius 1 is 1.39 bits per heavy atom. The molecule has 0 aliphatic heterocycles. The molecule has 1 aromatic heterocycles. The smallest absolute Gasteiger partial charge is 0.320 e. The van der Waals surface area contributed by atoms with E-state index in [0.29, 0.717) is 24.5 Å². The van der Waals surface area contributed by atoms with Crippen LogP contribution in [-0.4, -0.2) is 47.9 Å². The Hall–Kier alpha value is -2.12. The van der Waals surface area contributed by atoms with Gasteiger partial charge in [-0.15, -0.1) is 0 Å². The van der Waals surface area contributed by atoms with Crippen molar-refractivity contribution in [1.29, 1.82) is 0 Å². The van der Waals surface area contributed by atoms with E-state index in [9.17, 15) is 9.18 Å². The number of benzene rings is 1. The van der Waals surface area contributed by atoms with Crippen LogP contribution in [0.1, 0.15) is 5.56 Å². The molecular formula is C15H19ClFN5O. The third kappa shape index (κ3) is 5.22. The molecule has 0 saturated carbocycles. The summed E-state index contributed by atoms with van der Waals surface area (Å²) in [7, 11) is 3.86. The highest BCUT2D eigenvalue weighted by Gasteiger charge is 2.08. The third-order valence-electron chi connectivity index (χ3n) is 3.12. The molecule has 0 aliphatic carbocycles. The number of nitrogens with zero attached hydrogens (tertiary/aromatic N) is 3. The van der Waals surface area contributed by atoms with Crippen molar-refractivity contribution in [1.82, 2.24) is 20.0 Å². The van der Waals surface area contributed by atoms with Crippen LogP contribution in [0.15, 0.2) is 30.5 Å². The number of likely N-dealkylation sites (N-methyl/N-ethyl adjacent to an activating group) is 1. The fourth-order valence-corrected chi connectivity index (χ4v) is 2.05. The highest BCUT2D eigenvalue weighted by Crippen LogP contribution is 2.17. The highest BCUT2D eigenvalue weighted by atomic mass is 35.5. The van der Waals surface area contributed by atoms with Crippen LogP contribution in [-0.2, 0) is 6.54 Å². The fraction of sp³-hybridized carbons (Fsp3) is 0.333. The maximum Gasteiger partial charge on any atom is 0.320 e. The number of nitrogens with one attached hydrogen (secondary N) is 2. The molecule has 124 valence electrons. The summed E-state index contributed by atoms with van der Waals surface area (Å²) in [6.45, 7) is 1.61. The molecule has 8 heteroatoms. The number of rotatable bonds is 6. The van der Waals surface area contributed by atoms with Gasteiger partial charge in [0.25, 0.3) is 0 Å². The van der Waals surface area contributed by atoms with E-state index in [2.05, 4.69) is 15.7 Å². The van der Waals surface area contributed by atoms with Crippen molar-refractivity contribution in [3.8, 4) is 0 Å². The molecule has 0 aliphatic rings. The fourth-order valence-electron chi connectivity index (χ4n) is 1.93. The van der Waals surface area contributed by atoms with E-state index < -0.39 is 5.82 Å². The SMILES string of the molecule is CN(C)CCNC(=O)Nc1ccnn1Cc1ccc(Cl)c(F)c1. The number of hydrogen-bond donors (Lipinski definition) is 2. The second-order valence-electron chi connectivity index (χ2n) is 5.31. The van der Waals surface area contributed by atoms with Crippen LogP contribution in [0.3, 0.4) is 0 Å². The van der Waals surface area contributed by atoms with Gasteiger partial charge in [0.15, 0.2) is 0 Å². The topological polar surface area (TPSA) is 62.2 Å². The van der Waals surface area contributed by atoms with Crippen LogP contribution in [0.5, 0.6) is 0 Å². The highest BCUT2D eigenvalue weighted by molar-refractivity contribution is 6.30. The summed E-state index contributed by atoms with van der Waals surface area (Å²) in [5, 5.41) is 9.68. The van der Waals surface area contributed by atoms with Crippen LogP contribution >= 0.6 is 11.6 Å². The zero-order chi connectivity index (χ0) is 16.8. The van der Waals surface area contributed by atoms with Gasteiger partial charge in [-0.2, -0.15) is 5.10 Å². The number of carbonyl (C=O) groups is 1. The van der Waals surface area contributed by atoms with E-state index in [1.165, 1.54) is 12.1 Å². The largest absolute Gasteiger partial charge is 0.337 e. The van der Waals surface area contributed by atoms with Crippen molar-refractivity contribution >= 4 is 23.4 Å². The van der Waals surface area contributed by atoms with Crippen LogP contribution in [0.25, 0.3) is 0 Å². The van der Waals surface area contributed by atoms with Crippen molar-refractivity contribution in [2.75, 3.05) is 32.5 Å². The monoisotopic (exact) mass is 339 g/mol. The van der Waals surface area contributed by atoms with Gasteiger partial charge in [-0.25, -0.2) is 13.9 Å². The number of anilines is 1. The number of amides is 2. The Morgan fingerprint density at radius 3 is 2.87 bits per heavy atom. The van der Waals surface area contributed by atoms with Crippen LogP contribution in [0, 0.1) is 5.82 Å². The standard InChI is InChI=1S/C15H19ClFN5O/c1-21(2)8-7-18-15(23)20-14-5-6-19-22(14)10-11-3-4-12(16)13(17)9-11/h3-6,9H,7-8,10H2,1-2H3,(H2,18,20,23). The van der Waals surface area contributed by atoms with Crippen molar-refractivity contribution < 1.29 is 9.18 Å². The van der Waals surface area contributed by atoms with Gasteiger partial charge in [-0.3, -0.25) is 5.32 Å². The quantitative estimate of drug-likeness (QED) is 0.849. The van der Waals surface area contributed by atoms with Crippen molar-refractivity contribution in [3.63, 3.8) is 0 Å². The molecule has 6 nitrogen and oxygen atoms in total. The molecular weight excluding hydrogens is 321 g/mol. The van der Waals surface area contributed by atoms with E-state index in [1.807, 2.05) is 19.0 Å². The minimum atomic E-state index is -0.479. The van der Waals surface area contributed by atoms with Crippen LogP contribution < -0.4 is 10.6 Å². The molecule has 0 atom stereocenters. The molecule has 2 amide bonds. The summed E-state index contributed by atoms with van der Waals surface area (Å²) >= 11 is 5.67. The summed E-state index contributed by atoms with van der Waals surface area (Å²) < 4.78 is 15.1. The summed E-state index contributed by atoms with van der Waals surface area (Å²) in [5.41, 5.74) is 0.701. The molecule has 2 rings (SSSR count). The predicted octanol–water partition coefficient (Wildman–Crippen LogP) is 2.41. The second-order valence-corrected chi connectivity index (χ2v) is 5.71. The lowest BCUT2D eigenvalue weighted by Crippen LogP contribution is -2.35. The molecule has 2 aromatic rings. The summed E-state index contributed by atoms with van der Waals surface area (Å²) in [4.78, 5) is 13.8. The number of carbonyl (C=O) groups excluding carboxylic acids is 1. The van der Waals surface area contributed by atoms with Gasteiger partial charge in [-0.1, -0.05) is 17.7 Å². The summed E-state index contributed by atoms with van der Waals surface area (Å²) in [6, 6.07) is 5.93. The Labute approximate surface area is 139 Å². The van der Waals surface area contributed by atoms with E-state index in [-0.39, 0.29) is 11.1 Å². The zero-order valence-corrected chi connectivity index (χ0v) is 13.8. The molecule has 23 heavy (non-hydrogen) atoms. The van der Waals surface area contributed by atoms with E-state index >= 15 is 0 Å². The van der Waals surface area contributed by atoms with Gasteiger partial charge in [0.2, 0.25) is 0 Å². The molecule has 0 saturated heterocycles. The molecule has 0 spiro atoms. The van der Waals surface area contributed by atoms with Gasteiger partial charge in [-0.05, 0) is 31.8 Å². The lowest BCUT2D eigenvalue weighted by Gasteiger charge is -2.12. The summed E-state index contributed by atoms with van der Waals surface area (Å²) in [5.74, 6) is 0.0509. The van der Waals surface area contributed by atoms with Crippen LogP contribution in [0.2, 0.25) is 5.02 Å². The van der Waals surface area contributed by atoms with Gasteiger partial charge < -0.3 is 10.2 Å². The maximum atomic E-state index is 13.5. The first-order valence-corrected chi connectivity index (χ1v) is 7.49. The molecule has 0 bridgehead atoms. The Kier molecular flexibility index (Phi) is 5.95. The molecule has 0 radical (unpaired) electrons. The van der Waals surface area contributed by atoms with E-state index in [4.69, 9.17) is 11.6 Å². The van der Waals surface area contributed by atoms with Crippen molar-refractivity contribution in [3.05, 3.63) is 46.9 Å². The maximum absolute atomic E-state index is 13.5. The lowest BCUT2D eigenvalue weighted by molar-refractivity contribution is 0.250. The van der Waals surface area contributed by atoms with Gasteiger partial charge in [0.05, 0.1) is 17.8 Å². The number of hydrogen-bond acceptors (Lipinski definition) is 3. The second kappa shape index (κ2) is 7.94. The first kappa shape index (κ1) is 17.2. The summed E-state index contributed by atoms with van der Waals surface area (Å²) in [6.07, 6.45) is 1.57. The van der Waals surface area contributed by atoms with Gasteiger partial charge in [0.1, 0.15) is 11.6 Å². The molecule has 0 fully saturated rings. The number of urea groups is 1. The van der Waals surface area contributed by atoms with Crippen molar-refractivity contribution in [2.45, 2.75) is 6.54 Å². The number of halogens is 2. The number of aromatic nitrogens is 2. The average molecular weight is 340 g/mol. The first-order valence-electron chi connectivity index (χ1n) is 7.11. The average Bonchev–Trinajstić information content (AvgIpc) is 2.89. The molecule has 1 aromatic carbocycles. The molecule has 1 heterocycles. The van der Waals surface area contributed by atoms with Gasteiger partial charge >= 0.3 is 6.03 Å². The Bertz CT molecular complexity index is 674. The Balaban J connectivity index is 1.96. The minimum Gasteiger partial charge on any atom is -0.337 e. The minimum absolute atomic E-state index is 0.0767. The normalized spacial score (nSPS) is 10.8. The first-order chi connectivity index (χ1) is 11.0. The molecule has 2 N–H and O–H groups in total. The van der Waals surface area contributed by atoms with Crippen LogP contribution in [0.4, 0.5) is 15.0 Å². The lowest BCUT2D eigenvalue weighted by atomic mass is 10.2. The Morgan fingerprint density at radius 2 is 2.17 bits per heavy atom.